The summed E-state index contributed by atoms with van der Waals surface area (Å²) in [5.41, 5.74) is 0.305. The van der Waals surface area contributed by atoms with Crippen molar-refractivity contribution in [3.8, 4) is 0 Å². The summed E-state index contributed by atoms with van der Waals surface area (Å²) >= 11 is 5.55. The van der Waals surface area contributed by atoms with Crippen LogP contribution in [-0.4, -0.2) is 11.4 Å². The molecular weight excluding hydrogens is 140 g/mol. The topological polar surface area (TPSA) is 41.8 Å². The zero-order valence-electron chi connectivity index (χ0n) is 4.84. The van der Waals surface area contributed by atoms with Gasteiger partial charge in [0, 0.05) is 6.08 Å². The van der Waals surface area contributed by atoms with Crippen LogP contribution < -0.4 is 0 Å². The molecular formula is C5H5ClN2O. The number of nitrogens with zero attached hydrogens (tertiary/aromatic N) is 2. The number of carbonyl (C=O) groups excluding carboxylic acids is 1. The molecule has 0 radical (unpaired) electrons. The van der Waals surface area contributed by atoms with Crippen molar-refractivity contribution >= 4 is 17.5 Å². The molecule has 1 atom stereocenters. The largest absolute Gasteiger partial charge is 0.287 e. The fraction of sp³-hybridized carbons (Fsp3) is 0.400. The minimum absolute atomic E-state index is 0.329. The van der Waals surface area contributed by atoms with Crippen LogP contribution in [0.3, 0.4) is 0 Å². The van der Waals surface area contributed by atoms with E-state index >= 15 is 0 Å². The lowest BCUT2D eigenvalue weighted by molar-refractivity contribution is -0.114. The van der Waals surface area contributed by atoms with Crippen LogP contribution in [0.4, 0.5) is 0 Å². The maximum absolute atomic E-state index is 10.4. The van der Waals surface area contributed by atoms with Crippen LogP contribution in [-0.2, 0) is 4.79 Å². The highest BCUT2D eigenvalue weighted by Gasteiger charge is 2.11. The zero-order valence-corrected chi connectivity index (χ0v) is 5.59. The van der Waals surface area contributed by atoms with E-state index < -0.39 is 5.50 Å². The van der Waals surface area contributed by atoms with Gasteiger partial charge in [0.15, 0.2) is 5.50 Å². The van der Waals surface area contributed by atoms with Crippen LogP contribution in [0.1, 0.15) is 6.92 Å². The number of hydrogen-bond acceptors (Lipinski definition) is 2. The molecule has 48 valence electrons. The molecule has 1 aliphatic heterocycles. The highest BCUT2D eigenvalue weighted by Crippen LogP contribution is 2.14. The first-order valence-electron chi connectivity index (χ1n) is 2.47. The normalized spacial score (nSPS) is 26.2. The van der Waals surface area contributed by atoms with Crippen molar-refractivity contribution < 1.29 is 4.79 Å². The highest BCUT2D eigenvalue weighted by atomic mass is 35.5. The Morgan fingerprint density at radius 2 is 2.44 bits per heavy atom. The molecule has 0 fully saturated rings. The summed E-state index contributed by atoms with van der Waals surface area (Å²) < 4.78 is 0. The van der Waals surface area contributed by atoms with Gasteiger partial charge in [0.1, 0.15) is 0 Å². The fourth-order valence-electron chi connectivity index (χ4n) is 0.491. The van der Waals surface area contributed by atoms with Gasteiger partial charge < -0.3 is 0 Å². The molecule has 4 heteroatoms. The van der Waals surface area contributed by atoms with Gasteiger partial charge >= 0.3 is 0 Å². The fourth-order valence-corrected chi connectivity index (χ4v) is 0.598. The molecule has 0 bridgehead atoms. The van der Waals surface area contributed by atoms with Crippen LogP contribution in [0.2, 0.25) is 0 Å². The lowest BCUT2D eigenvalue weighted by Gasteiger charge is -2.04. The van der Waals surface area contributed by atoms with Crippen LogP contribution in [0.5, 0.6) is 0 Å². The first kappa shape index (κ1) is 6.42. The number of rotatable bonds is 0. The number of hydrogen-bond donors (Lipinski definition) is 0. The van der Waals surface area contributed by atoms with Gasteiger partial charge in [-0.3, -0.25) is 4.79 Å². The highest BCUT2D eigenvalue weighted by molar-refractivity contribution is 6.22. The van der Waals surface area contributed by atoms with E-state index in [-0.39, 0.29) is 5.91 Å². The minimum Gasteiger partial charge on any atom is -0.266 e. The molecule has 1 rings (SSSR count). The molecule has 0 saturated carbocycles. The molecule has 3 nitrogen and oxygen atoms in total. The molecule has 1 amide bonds. The Balaban J connectivity index is 2.82. The zero-order chi connectivity index (χ0) is 6.85. The third-order valence-electron chi connectivity index (χ3n) is 0.985. The van der Waals surface area contributed by atoms with Crippen LogP contribution in [0.25, 0.3) is 0 Å². The van der Waals surface area contributed by atoms with E-state index in [9.17, 15) is 4.79 Å². The Kier molecular flexibility index (Phi) is 1.62. The van der Waals surface area contributed by atoms with Crippen LogP contribution in [0.15, 0.2) is 21.9 Å². The van der Waals surface area contributed by atoms with E-state index in [0.717, 1.165) is 5.57 Å². The molecule has 1 heterocycles. The molecule has 9 heavy (non-hydrogen) atoms. The van der Waals surface area contributed by atoms with Gasteiger partial charge in [0.25, 0.3) is 5.91 Å². The van der Waals surface area contributed by atoms with Gasteiger partial charge in [0.05, 0.1) is 0 Å². The van der Waals surface area contributed by atoms with E-state index in [4.69, 9.17) is 11.6 Å². The minimum atomic E-state index is -0.442. The second-order valence-electron chi connectivity index (χ2n) is 1.78. The van der Waals surface area contributed by atoms with Crippen molar-refractivity contribution in [2.45, 2.75) is 12.4 Å². The first-order valence-corrected chi connectivity index (χ1v) is 2.91. The van der Waals surface area contributed by atoms with Crippen molar-refractivity contribution in [2.24, 2.45) is 10.2 Å². The number of amides is 1. The summed E-state index contributed by atoms with van der Waals surface area (Å²) in [6, 6.07) is 0. The lowest BCUT2D eigenvalue weighted by atomic mass is 10.2. The SMILES string of the molecule is CC1=CC(=O)N=NC1Cl. The molecule has 0 saturated heterocycles. The van der Waals surface area contributed by atoms with Gasteiger partial charge in [-0.2, -0.15) is 5.11 Å². The molecule has 0 aliphatic carbocycles. The Bertz CT molecular complexity index is 197. The van der Waals surface area contributed by atoms with E-state index in [1.165, 1.54) is 6.08 Å². The summed E-state index contributed by atoms with van der Waals surface area (Å²) in [6.45, 7) is 1.74. The summed E-state index contributed by atoms with van der Waals surface area (Å²) in [4.78, 5) is 10.4. The lowest BCUT2D eigenvalue weighted by Crippen LogP contribution is -2.04. The van der Waals surface area contributed by atoms with Gasteiger partial charge in [0.2, 0.25) is 0 Å². The standard InChI is InChI=1S/C5H5ClN2O/c1-3-2-4(9)7-8-5(3)6/h2,5H,1H3. The van der Waals surface area contributed by atoms with E-state index in [1.54, 1.807) is 6.92 Å². The second kappa shape index (κ2) is 2.27. The van der Waals surface area contributed by atoms with E-state index in [0.29, 0.717) is 0 Å². The van der Waals surface area contributed by atoms with Crippen molar-refractivity contribution in [1.29, 1.82) is 0 Å². The van der Waals surface area contributed by atoms with Crippen molar-refractivity contribution in [2.75, 3.05) is 0 Å². The van der Waals surface area contributed by atoms with Gasteiger partial charge in [-0.25, -0.2) is 0 Å². The Hall–Kier alpha value is -0.700. The quantitative estimate of drug-likeness (QED) is 0.375. The second-order valence-corrected chi connectivity index (χ2v) is 2.19. The number of azo groups is 1. The third-order valence-corrected chi connectivity index (χ3v) is 1.42. The molecule has 1 aliphatic rings. The van der Waals surface area contributed by atoms with Crippen LogP contribution >= 0.6 is 11.6 Å². The Morgan fingerprint density at radius 1 is 1.78 bits per heavy atom. The number of halogens is 1. The molecule has 1 unspecified atom stereocenters. The van der Waals surface area contributed by atoms with Gasteiger partial charge in [-0.15, -0.1) is 5.11 Å². The predicted octanol–water partition coefficient (Wildman–Crippen LogP) is 1.49. The average molecular weight is 145 g/mol. The Morgan fingerprint density at radius 3 is 2.89 bits per heavy atom. The van der Waals surface area contributed by atoms with Crippen molar-refractivity contribution in [1.82, 2.24) is 0 Å². The summed E-state index contributed by atoms with van der Waals surface area (Å²) in [5.74, 6) is -0.329. The number of carbonyl (C=O) groups is 1. The molecule has 0 spiro atoms. The van der Waals surface area contributed by atoms with E-state index in [1.807, 2.05) is 0 Å². The Labute approximate surface area is 57.4 Å². The molecule has 0 aromatic carbocycles. The smallest absolute Gasteiger partial charge is 0.266 e. The van der Waals surface area contributed by atoms with Crippen LogP contribution in [0, 0.1) is 0 Å². The monoisotopic (exact) mass is 144 g/mol. The van der Waals surface area contributed by atoms with Crippen molar-refractivity contribution in [3.63, 3.8) is 0 Å². The van der Waals surface area contributed by atoms with E-state index in [2.05, 4.69) is 10.2 Å². The summed E-state index contributed by atoms with van der Waals surface area (Å²) in [6.07, 6.45) is 1.38. The first-order chi connectivity index (χ1) is 4.20. The summed E-state index contributed by atoms with van der Waals surface area (Å²) in [7, 11) is 0. The van der Waals surface area contributed by atoms with Gasteiger partial charge in [-0.05, 0) is 12.5 Å². The average Bonchev–Trinajstić information content (AvgIpc) is 1.80. The predicted molar refractivity (Wildman–Crippen MR) is 33.3 cm³/mol. The third kappa shape index (κ3) is 1.36. The maximum Gasteiger partial charge on any atom is 0.287 e. The number of alkyl halides is 1. The maximum atomic E-state index is 10.4. The van der Waals surface area contributed by atoms with Gasteiger partial charge in [-0.1, -0.05) is 11.6 Å². The summed E-state index contributed by atoms with van der Waals surface area (Å²) in [5, 5.41) is 6.70. The van der Waals surface area contributed by atoms with Crippen molar-refractivity contribution in [3.05, 3.63) is 11.6 Å². The molecule has 0 aromatic rings. The molecule has 0 aromatic heterocycles. The molecule has 0 N–H and O–H groups in total.